The Bertz CT molecular complexity index is 2960. The summed E-state index contributed by atoms with van der Waals surface area (Å²) in [6, 6.07) is 74.3. The second-order valence-electron chi connectivity index (χ2n) is 15.8. The first-order valence-corrected chi connectivity index (χ1v) is 21.3. The van der Waals surface area contributed by atoms with Crippen molar-refractivity contribution < 1.29 is 0 Å². The summed E-state index contributed by atoms with van der Waals surface area (Å²) >= 11 is 0. The average Bonchev–Trinajstić information content (AvgIpc) is 3.75. The van der Waals surface area contributed by atoms with Crippen molar-refractivity contribution in [2.75, 3.05) is 0 Å². The molecule has 0 aliphatic carbocycles. The minimum atomic E-state index is -2.56. The van der Waals surface area contributed by atoms with E-state index in [1.54, 1.807) is 0 Å². The molecule has 3 heteroatoms. The fraction of sp³-hybridized carbons (Fsp3) is 0.0769. The summed E-state index contributed by atoms with van der Waals surface area (Å²) in [4.78, 5) is 0. The summed E-state index contributed by atoms with van der Waals surface area (Å²) in [6.45, 7) is 7.33. The number of fused-ring (bicyclic) bond motifs is 6. The Morgan fingerprint density at radius 2 is 0.891 bits per heavy atom. The first-order valence-electron chi connectivity index (χ1n) is 19.3. The van der Waals surface area contributed by atoms with E-state index < -0.39 is 8.07 Å². The molecule has 0 radical (unpaired) electrons. The van der Waals surface area contributed by atoms with Crippen molar-refractivity contribution in [3.63, 3.8) is 0 Å². The van der Waals surface area contributed by atoms with Crippen LogP contribution in [0.3, 0.4) is 0 Å². The molecule has 0 aliphatic rings. The number of hydrogen-bond donors (Lipinski definition) is 0. The highest BCUT2D eigenvalue weighted by atomic mass is 28.3. The third kappa shape index (κ3) is 5.07. The van der Waals surface area contributed by atoms with Crippen molar-refractivity contribution in [2.24, 2.45) is 0 Å². The molecule has 0 atom stereocenters. The van der Waals surface area contributed by atoms with E-state index in [1.165, 1.54) is 76.0 Å². The summed E-state index contributed by atoms with van der Waals surface area (Å²) < 4.78 is 4.95. The van der Waals surface area contributed by atoms with E-state index in [1.807, 2.05) is 0 Å². The maximum absolute atomic E-state index is 2.56. The molecular weight excluding hydrogens is 681 g/mol. The van der Waals surface area contributed by atoms with Gasteiger partial charge in [-0.05, 0) is 74.2 Å². The third-order valence-electron chi connectivity index (χ3n) is 11.8. The van der Waals surface area contributed by atoms with Gasteiger partial charge in [0.25, 0.3) is 0 Å². The molecule has 2 aromatic heterocycles. The molecule has 0 spiro atoms. The Balaban J connectivity index is 1.25. The van der Waals surface area contributed by atoms with Gasteiger partial charge in [-0.25, -0.2) is 0 Å². The lowest BCUT2D eigenvalue weighted by atomic mass is 10.1. The predicted octanol–water partition coefficient (Wildman–Crippen LogP) is 11.8. The predicted molar refractivity (Wildman–Crippen MR) is 238 cm³/mol. The molecule has 10 rings (SSSR count). The summed E-state index contributed by atoms with van der Waals surface area (Å²) in [5.41, 5.74) is 9.60. The molecule has 0 saturated carbocycles. The fourth-order valence-electron chi connectivity index (χ4n) is 9.56. The zero-order valence-corrected chi connectivity index (χ0v) is 32.4. The maximum Gasteiger partial charge on any atom is 0.153 e. The summed E-state index contributed by atoms with van der Waals surface area (Å²) in [5.74, 6) is 0. The average molecular weight is 723 g/mol. The van der Waals surface area contributed by atoms with Gasteiger partial charge in [-0.3, -0.25) is 0 Å². The minimum absolute atomic E-state index is 0.00696. The van der Waals surface area contributed by atoms with Gasteiger partial charge < -0.3 is 9.13 Å². The van der Waals surface area contributed by atoms with Gasteiger partial charge in [-0.1, -0.05) is 178 Å². The molecule has 8 aromatic carbocycles. The van der Waals surface area contributed by atoms with Crippen LogP contribution in [-0.2, 0) is 0 Å². The second kappa shape index (κ2) is 12.9. The van der Waals surface area contributed by atoms with Crippen LogP contribution in [0.2, 0.25) is 5.04 Å². The summed E-state index contributed by atoms with van der Waals surface area (Å²) in [5, 5.41) is 9.35. The largest absolute Gasteiger partial charge is 0.309 e. The van der Waals surface area contributed by atoms with Crippen LogP contribution in [0.4, 0.5) is 0 Å². The first-order chi connectivity index (χ1) is 26.9. The van der Waals surface area contributed by atoms with Gasteiger partial charge in [0.05, 0.1) is 27.8 Å². The van der Waals surface area contributed by atoms with E-state index in [9.17, 15) is 0 Å². The topological polar surface area (TPSA) is 9.86 Å². The molecule has 0 amide bonds. The number of para-hydroxylation sites is 2. The summed E-state index contributed by atoms with van der Waals surface area (Å²) in [6.07, 6.45) is 0. The van der Waals surface area contributed by atoms with Crippen molar-refractivity contribution in [3.8, 4) is 22.5 Å². The van der Waals surface area contributed by atoms with Crippen LogP contribution in [0.15, 0.2) is 200 Å². The van der Waals surface area contributed by atoms with Crippen LogP contribution in [0.1, 0.15) is 20.8 Å². The molecule has 2 heterocycles. The zero-order chi connectivity index (χ0) is 37.1. The first kappa shape index (κ1) is 33.2. The molecule has 0 N–H and O–H groups in total. The standard InChI is InChI=1S/C52H42N2Si/c1-52(2,3)55(40-23-9-5-10-24-40,41-25-11-6-12-26-41)42-33-34-48-45(36-42)43-27-13-15-29-46(43)54(48)50-32-18-31-49-51(50)44-28-14-16-30-47(44)53(49)39-22-17-21-38(35-39)37-19-7-4-8-20-37/h4-36H,1-3H3. The molecule has 0 fully saturated rings. The smallest absolute Gasteiger partial charge is 0.153 e. The van der Waals surface area contributed by atoms with Gasteiger partial charge in [0.1, 0.15) is 0 Å². The van der Waals surface area contributed by atoms with E-state index in [0.717, 1.165) is 5.69 Å². The highest BCUT2D eigenvalue weighted by Crippen LogP contribution is 2.41. The van der Waals surface area contributed by atoms with E-state index in [2.05, 4.69) is 230 Å². The molecular formula is C52H42N2Si. The molecule has 0 unspecified atom stereocenters. The molecule has 0 aliphatic heterocycles. The Kier molecular flexibility index (Phi) is 7.76. The monoisotopic (exact) mass is 722 g/mol. The Morgan fingerprint density at radius 3 is 1.56 bits per heavy atom. The van der Waals surface area contributed by atoms with Crippen LogP contribution >= 0.6 is 0 Å². The van der Waals surface area contributed by atoms with E-state index in [4.69, 9.17) is 0 Å². The highest BCUT2D eigenvalue weighted by Gasteiger charge is 2.49. The van der Waals surface area contributed by atoms with Crippen molar-refractivity contribution in [2.45, 2.75) is 25.8 Å². The van der Waals surface area contributed by atoms with Gasteiger partial charge in [0.2, 0.25) is 0 Å². The van der Waals surface area contributed by atoms with Crippen LogP contribution in [0, 0.1) is 0 Å². The quantitative estimate of drug-likeness (QED) is 0.119. The van der Waals surface area contributed by atoms with Gasteiger partial charge in [-0.2, -0.15) is 0 Å². The highest BCUT2D eigenvalue weighted by molar-refractivity contribution is 7.13. The normalized spacial score (nSPS) is 12.3. The minimum Gasteiger partial charge on any atom is -0.309 e. The Labute approximate surface area is 323 Å². The van der Waals surface area contributed by atoms with Gasteiger partial charge in [-0.15, -0.1) is 0 Å². The zero-order valence-electron chi connectivity index (χ0n) is 31.4. The van der Waals surface area contributed by atoms with Gasteiger partial charge in [0.15, 0.2) is 8.07 Å². The van der Waals surface area contributed by atoms with Gasteiger partial charge in [0, 0.05) is 27.2 Å². The van der Waals surface area contributed by atoms with Crippen molar-refractivity contribution in [3.05, 3.63) is 200 Å². The van der Waals surface area contributed by atoms with E-state index in [-0.39, 0.29) is 5.04 Å². The SMILES string of the molecule is CC(C)(C)[Si](c1ccccc1)(c1ccccc1)c1ccc2c(c1)c1ccccc1n2-c1cccc2c1c1ccccc1n2-c1cccc(-c2ccccc2)c1. The lowest BCUT2D eigenvalue weighted by Gasteiger charge is -2.44. The van der Waals surface area contributed by atoms with Crippen LogP contribution in [0.5, 0.6) is 0 Å². The second-order valence-corrected chi connectivity index (χ2v) is 20.5. The van der Waals surface area contributed by atoms with E-state index >= 15 is 0 Å². The number of benzene rings is 8. The maximum atomic E-state index is 2.55. The van der Waals surface area contributed by atoms with Crippen LogP contribution in [-0.4, -0.2) is 17.2 Å². The van der Waals surface area contributed by atoms with Crippen LogP contribution in [0.25, 0.3) is 66.1 Å². The summed E-state index contributed by atoms with van der Waals surface area (Å²) in [7, 11) is -2.56. The lowest BCUT2D eigenvalue weighted by molar-refractivity contribution is 0.739. The number of aromatic nitrogens is 2. The lowest BCUT2D eigenvalue weighted by Crippen LogP contribution is -2.72. The van der Waals surface area contributed by atoms with Crippen LogP contribution < -0.4 is 15.6 Å². The fourth-order valence-corrected chi connectivity index (χ4v) is 15.2. The molecule has 2 nitrogen and oxygen atoms in total. The number of rotatable bonds is 6. The Hall–Kier alpha value is -6.42. The molecule has 55 heavy (non-hydrogen) atoms. The van der Waals surface area contributed by atoms with Crippen molar-refractivity contribution in [1.29, 1.82) is 0 Å². The van der Waals surface area contributed by atoms with E-state index in [0.29, 0.717) is 0 Å². The number of nitrogens with zero attached hydrogens (tertiary/aromatic N) is 2. The van der Waals surface area contributed by atoms with Gasteiger partial charge >= 0.3 is 0 Å². The van der Waals surface area contributed by atoms with Crippen molar-refractivity contribution >= 4 is 67.2 Å². The molecule has 264 valence electrons. The molecule has 0 bridgehead atoms. The molecule has 0 saturated heterocycles. The van der Waals surface area contributed by atoms with Crippen molar-refractivity contribution in [1.82, 2.24) is 9.13 Å². The number of hydrogen-bond acceptors (Lipinski definition) is 0. The third-order valence-corrected chi connectivity index (χ3v) is 17.6. The molecule has 10 aromatic rings. The Morgan fingerprint density at radius 1 is 0.364 bits per heavy atom.